The number of ether oxygens (including phenoxy) is 1. The van der Waals surface area contributed by atoms with Gasteiger partial charge in [0, 0.05) is 24.7 Å². The molecule has 1 aliphatic rings. The summed E-state index contributed by atoms with van der Waals surface area (Å²) in [4.78, 5) is 25.3. The van der Waals surface area contributed by atoms with Crippen LogP contribution in [-0.2, 0) is 4.74 Å². The van der Waals surface area contributed by atoms with E-state index in [1.54, 1.807) is 13.0 Å². The Morgan fingerprint density at radius 2 is 1.89 bits per heavy atom. The van der Waals surface area contributed by atoms with Gasteiger partial charge in [0.15, 0.2) is 11.6 Å². The molecule has 0 saturated carbocycles. The van der Waals surface area contributed by atoms with Gasteiger partial charge in [-0.2, -0.15) is 0 Å². The van der Waals surface area contributed by atoms with Gasteiger partial charge >= 0.3 is 0 Å². The summed E-state index contributed by atoms with van der Waals surface area (Å²) >= 11 is 0. The molecule has 0 aromatic heterocycles. The van der Waals surface area contributed by atoms with E-state index >= 15 is 0 Å². The number of benzene rings is 2. The average Bonchev–Trinajstić information content (AvgIpc) is 2.70. The molecule has 0 bridgehead atoms. The summed E-state index contributed by atoms with van der Waals surface area (Å²) in [7, 11) is 0. The van der Waals surface area contributed by atoms with Crippen LogP contribution in [-0.4, -0.2) is 37.1 Å². The molecule has 2 aromatic rings. The van der Waals surface area contributed by atoms with E-state index in [0.717, 1.165) is 12.1 Å². The van der Waals surface area contributed by atoms with Gasteiger partial charge in [-0.3, -0.25) is 14.9 Å². The van der Waals surface area contributed by atoms with Gasteiger partial charge < -0.3 is 15.0 Å². The van der Waals surface area contributed by atoms with Crippen molar-refractivity contribution in [1.29, 1.82) is 0 Å². The lowest BCUT2D eigenvalue weighted by atomic mass is 10.1. The number of nitrogens with one attached hydrogen (secondary N) is 1. The molecular formula is C19H19F2N3O4. The maximum absolute atomic E-state index is 13.4. The van der Waals surface area contributed by atoms with Gasteiger partial charge in [0.25, 0.3) is 11.6 Å². The van der Waals surface area contributed by atoms with Crippen LogP contribution in [0.3, 0.4) is 0 Å². The fraction of sp³-hybridized carbons (Fsp3) is 0.316. The van der Waals surface area contributed by atoms with Gasteiger partial charge in [-0.1, -0.05) is 6.07 Å². The van der Waals surface area contributed by atoms with Crippen LogP contribution in [0.15, 0.2) is 36.4 Å². The molecule has 1 aliphatic heterocycles. The van der Waals surface area contributed by atoms with Crippen LogP contribution < -0.4 is 10.2 Å². The van der Waals surface area contributed by atoms with Crippen LogP contribution in [0.25, 0.3) is 0 Å². The average molecular weight is 391 g/mol. The predicted octanol–water partition coefficient (Wildman–Crippen LogP) is 3.20. The molecule has 1 fully saturated rings. The van der Waals surface area contributed by atoms with E-state index < -0.39 is 28.5 Å². The molecule has 0 radical (unpaired) electrons. The van der Waals surface area contributed by atoms with Gasteiger partial charge in [-0.15, -0.1) is 0 Å². The van der Waals surface area contributed by atoms with Gasteiger partial charge in [-0.05, 0) is 36.8 Å². The third-order valence-corrected chi connectivity index (χ3v) is 4.58. The van der Waals surface area contributed by atoms with Gasteiger partial charge in [0.05, 0.1) is 24.2 Å². The van der Waals surface area contributed by atoms with Gasteiger partial charge in [-0.25, -0.2) is 8.78 Å². The largest absolute Gasteiger partial charge is 0.378 e. The van der Waals surface area contributed by atoms with Crippen LogP contribution in [0.1, 0.15) is 28.9 Å². The summed E-state index contributed by atoms with van der Waals surface area (Å²) in [6, 6.07) is 7.01. The first-order valence-electron chi connectivity index (χ1n) is 8.74. The van der Waals surface area contributed by atoms with Crippen molar-refractivity contribution in [3.8, 4) is 0 Å². The summed E-state index contributed by atoms with van der Waals surface area (Å²) in [6.45, 7) is 3.62. The molecule has 1 heterocycles. The highest BCUT2D eigenvalue weighted by Gasteiger charge is 2.24. The van der Waals surface area contributed by atoms with Crippen molar-refractivity contribution in [2.24, 2.45) is 0 Å². The number of carbonyl (C=O) groups is 1. The lowest BCUT2D eigenvalue weighted by Gasteiger charge is -2.28. The normalized spacial score (nSPS) is 15.2. The first kappa shape index (κ1) is 19.7. The van der Waals surface area contributed by atoms with Crippen molar-refractivity contribution in [3.05, 3.63) is 69.3 Å². The minimum absolute atomic E-state index is 0.109. The van der Waals surface area contributed by atoms with E-state index in [0.29, 0.717) is 37.6 Å². The van der Waals surface area contributed by atoms with E-state index in [9.17, 15) is 23.7 Å². The monoisotopic (exact) mass is 391 g/mol. The van der Waals surface area contributed by atoms with E-state index in [4.69, 9.17) is 4.74 Å². The Hall–Kier alpha value is -3.07. The molecule has 7 nitrogen and oxygen atoms in total. The van der Waals surface area contributed by atoms with Crippen molar-refractivity contribution >= 4 is 17.3 Å². The molecule has 1 unspecified atom stereocenters. The molecule has 28 heavy (non-hydrogen) atoms. The Balaban J connectivity index is 1.80. The molecule has 2 aromatic carbocycles. The molecule has 0 spiro atoms. The molecule has 1 amide bonds. The number of hydrogen-bond acceptors (Lipinski definition) is 5. The van der Waals surface area contributed by atoms with E-state index in [1.165, 1.54) is 18.2 Å². The molecular weight excluding hydrogens is 372 g/mol. The van der Waals surface area contributed by atoms with Crippen molar-refractivity contribution in [2.45, 2.75) is 13.0 Å². The van der Waals surface area contributed by atoms with Crippen LogP contribution >= 0.6 is 0 Å². The summed E-state index contributed by atoms with van der Waals surface area (Å²) in [5.41, 5.74) is 0.748. The highest BCUT2D eigenvalue weighted by molar-refractivity contribution is 5.96. The SMILES string of the molecule is CC(NC(=O)c1ccc(N2CCOCC2)c([N+](=O)[O-])c1)c1ccc(F)c(F)c1. The lowest BCUT2D eigenvalue weighted by Crippen LogP contribution is -2.36. The third kappa shape index (κ3) is 4.25. The molecule has 1 saturated heterocycles. The third-order valence-electron chi connectivity index (χ3n) is 4.58. The smallest absolute Gasteiger partial charge is 0.293 e. The number of rotatable bonds is 5. The first-order valence-corrected chi connectivity index (χ1v) is 8.74. The number of morpholine rings is 1. The molecule has 1 atom stereocenters. The second-order valence-electron chi connectivity index (χ2n) is 6.43. The number of amides is 1. The minimum atomic E-state index is -1.01. The van der Waals surface area contributed by atoms with Crippen LogP contribution in [0, 0.1) is 21.7 Å². The standard InChI is InChI=1S/C19H19F2N3O4/c1-12(13-2-4-15(20)16(21)10-13)22-19(25)14-3-5-17(18(11-14)24(26)27)23-6-8-28-9-7-23/h2-5,10-12H,6-9H2,1H3,(H,22,25). The lowest BCUT2D eigenvalue weighted by molar-refractivity contribution is -0.384. The van der Waals surface area contributed by atoms with Crippen LogP contribution in [0.5, 0.6) is 0 Å². The van der Waals surface area contributed by atoms with Crippen LogP contribution in [0.4, 0.5) is 20.2 Å². The van der Waals surface area contributed by atoms with Crippen molar-refractivity contribution in [1.82, 2.24) is 5.32 Å². The maximum atomic E-state index is 13.4. The zero-order valence-corrected chi connectivity index (χ0v) is 15.2. The zero-order chi connectivity index (χ0) is 20.3. The van der Waals surface area contributed by atoms with Crippen molar-refractivity contribution < 1.29 is 23.2 Å². The number of anilines is 1. The second kappa shape index (κ2) is 8.30. The van der Waals surface area contributed by atoms with E-state index in [2.05, 4.69) is 5.32 Å². The number of hydrogen-bond donors (Lipinski definition) is 1. The fourth-order valence-electron chi connectivity index (χ4n) is 3.03. The number of nitrogens with zero attached hydrogens (tertiary/aromatic N) is 2. The Kier molecular flexibility index (Phi) is 5.84. The Morgan fingerprint density at radius 1 is 1.18 bits per heavy atom. The Morgan fingerprint density at radius 3 is 2.54 bits per heavy atom. The topological polar surface area (TPSA) is 84.7 Å². The van der Waals surface area contributed by atoms with Crippen molar-refractivity contribution in [2.75, 3.05) is 31.2 Å². The number of nitro groups is 1. The number of nitro benzene ring substituents is 1. The van der Waals surface area contributed by atoms with E-state index in [1.807, 2.05) is 4.90 Å². The number of carbonyl (C=O) groups excluding carboxylic acids is 1. The second-order valence-corrected chi connectivity index (χ2v) is 6.43. The summed E-state index contributed by atoms with van der Waals surface area (Å²) < 4.78 is 31.7. The quantitative estimate of drug-likeness (QED) is 0.625. The Labute approximate surface area is 160 Å². The van der Waals surface area contributed by atoms with Crippen molar-refractivity contribution in [3.63, 3.8) is 0 Å². The summed E-state index contributed by atoms with van der Waals surface area (Å²) in [5, 5.41) is 14.1. The summed E-state index contributed by atoms with van der Waals surface area (Å²) in [6.07, 6.45) is 0. The molecule has 3 rings (SSSR count). The Bertz CT molecular complexity index is 901. The van der Waals surface area contributed by atoms with Gasteiger partial charge in [0.1, 0.15) is 5.69 Å². The number of halogens is 2. The zero-order valence-electron chi connectivity index (χ0n) is 15.2. The minimum Gasteiger partial charge on any atom is -0.378 e. The maximum Gasteiger partial charge on any atom is 0.293 e. The summed E-state index contributed by atoms with van der Waals surface area (Å²) in [5.74, 6) is -2.53. The first-order chi connectivity index (χ1) is 13.4. The molecule has 0 aliphatic carbocycles. The fourth-order valence-corrected chi connectivity index (χ4v) is 3.03. The highest BCUT2D eigenvalue weighted by Crippen LogP contribution is 2.30. The molecule has 9 heteroatoms. The highest BCUT2D eigenvalue weighted by atomic mass is 19.2. The van der Waals surface area contributed by atoms with Crippen LogP contribution in [0.2, 0.25) is 0 Å². The molecule has 1 N–H and O–H groups in total. The van der Waals surface area contributed by atoms with E-state index in [-0.39, 0.29) is 11.3 Å². The van der Waals surface area contributed by atoms with Gasteiger partial charge in [0.2, 0.25) is 0 Å². The molecule has 148 valence electrons. The predicted molar refractivity (Wildman–Crippen MR) is 98.4 cm³/mol.